The van der Waals surface area contributed by atoms with Crippen molar-refractivity contribution in [2.45, 2.75) is 13.8 Å². The van der Waals surface area contributed by atoms with Crippen LogP contribution in [0.25, 0.3) is 0 Å². The zero-order chi connectivity index (χ0) is 10.9. The van der Waals surface area contributed by atoms with Crippen molar-refractivity contribution in [3.8, 4) is 0 Å². The first-order chi connectivity index (χ1) is 7.36. The van der Waals surface area contributed by atoms with Crippen molar-refractivity contribution in [3.63, 3.8) is 0 Å². The summed E-state index contributed by atoms with van der Waals surface area (Å²) < 4.78 is 11.1. The van der Waals surface area contributed by atoms with Crippen LogP contribution in [-0.2, 0) is 9.05 Å². The van der Waals surface area contributed by atoms with E-state index in [1.807, 2.05) is 13.8 Å². The molecule has 1 N–H and O–H groups in total. The molecule has 1 rings (SSSR count). The predicted molar refractivity (Wildman–Crippen MR) is 64.3 cm³/mol. The Hall–Kier alpha value is 0.270. The van der Waals surface area contributed by atoms with E-state index in [-0.39, 0.29) is 0 Å². The second-order valence-electron chi connectivity index (χ2n) is 3.48. The molecule has 0 unspecified atom stereocenters. The van der Waals surface area contributed by atoms with Gasteiger partial charge in [-0.1, -0.05) is 0 Å². The summed E-state index contributed by atoms with van der Waals surface area (Å²) in [5, 5.41) is 3.35. The van der Waals surface area contributed by atoms with Crippen LogP contribution in [0.2, 0.25) is 0 Å². The van der Waals surface area contributed by atoms with Gasteiger partial charge in [0.2, 0.25) is 0 Å². The normalized spacial score (nSPS) is 18.6. The monoisotopic (exact) mass is 234 g/mol. The highest BCUT2D eigenvalue weighted by atomic mass is 31.2. The van der Waals surface area contributed by atoms with Crippen LogP contribution in [0, 0.1) is 0 Å². The number of piperazine rings is 1. The van der Waals surface area contributed by atoms with Gasteiger partial charge < -0.3 is 19.3 Å². The number of nitrogens with zero attached hydrogens (tertiary/aromatic N) is 1. The molecule has 0 bridgehead atoms. The van der Waals surface area contributed by atoms with E-state index in [1.165, 1.54) is 0 Å². The maximum atomic E-state index is 5.57. The quantitative estimate of drug-likeness (QED) is 0.673. The lowest BCUT2D eigenvalue weighted by atomic mass is 10.4. The average molecular weight is 234 g/mol. The Morgan fingerprint density at radius 3 is 2.27 bits per heavy atom. The van der Waals surface area contributed by atoms with E-state index in [0.717, 1.165) is 52.1 Å². The first-order valence-electron chi connectivity index (χ1n) is 5.83. The van der Waals surface area contributed by atoms with E-state index >= 15 is 0 Å². The summed E-state index contributed by atoms with van der Waals surface area (Å²) >= 11 is 0. The van der Waals surface area contributed by atoms with Gasteiger partial charge in [0, 0.05) is 38.9 Å². The summed E-state index contributed by atoms with van der Waals surface area (Å²) in [5.74, 6) is 0. The van der Waals surface area contributed by atoms with Gasteiger partial charge in [-0.2, -0.15) is 0 Å². The van der Waals surface area contributed by atoms with Gasteiger partial charge in [-0.05, 0) is 13.8 Å². The molecular formula is C10H23N2O2P. The Morgan fingerprint density at radius 2 is 1.73 bits per heavy atom. The Labute approximate surface area is 94.2 Å². The highest BCUT2D eigenvalue weighted by Gasteiger charge is 2.14. The highest BCUT2D eigenvalue weighted by Crippen LogP contribution is 2.37. The smallest absolute Gasteiger partial charge is 0.171 e. The van der Waals surface area contributed by atoms with E-state index in [1.54, 1.807) is 0 Å². The Balaban J connectivity index is 2.13. The number of hydrogen-bond donors (Lipinski definition) is 1. The molecule has 0 atom stereocenters. The van der Waals surface area contributed by atoms with Gasteiger partial charge >= 0.3 is 0 Å². The van der Waals surface area contributed by atoms with Gasteiger partial charge in [-0.25, -0.2) is 0 Å². The van der Waals surface area contributed by atoms with Gasteiger partial charge in [0.15, 0.2) is 8.38 Å². The van der Waals surface area contributed by atoms with E-state index in [4.69, 9.17) is 9.05 Å². The van der Waals surface area contributed by atoms with Gasteiger partial charge in [-0.3, -0.25) is 0 Å². The Kier molecular flexibility index (Phi) is 7.49. The summed E-state index contributed by atoms with van der Waals surface area (Å²) in [7, 11) is -0.648. The second kappa shape index (κ2) is 8.43. The molecule has 1 saturated heterocycles. The fraction of sp³-hybridized carbons (Fsp3) is 1.00. The molecule has 15 heavy (non-hydrogen) atoms. The molecule has 0 saturated carbocycles. The zero-order valence-corrected chi connectivity index (χ0v) is 10.8. The van der Waals surface area contributed by atoms with Crippen molar-refractivity contribution in [2.24, 2.45) is 0 Å². The third-order valence-electron chi connectivity index (χ3n) is 2.35. The number of hydrogen-bond acceptors (Lipinski definition) is 4. The molecule has 0 aromatic carbocycles. The minimum Gasteiger partial charge on any atom is -0.334 e. The Bertz CT molecular complexity index is 148. The Morgan fingerprint density at radius 1 is 1.13 bits per heavy atom. The summed E-state index contributed by atoms with van der Waals surface area (Å²) in [4.78, 5) is 2.48. The molecule has 90 valence electrons. The minimum absolute atomic E-state index is 0.648. The molecular weight excluding hydrogens is 211 g/mol. The van der Waals surface area contributed by atoms with Crippen LogP contribution < -0.4 is 5.32 Å². The van der Waals surface area contributed by atoms with Gasteiger partial charge in [0.25, 0.3) is 0 Å². The molecule has 0 spiro atoms. The van der Waals surface area contributed by atoms with Crippen LogP contribution in [0.15, 0.2) is 0 Å². The first kappa shape index (κ1) is 13.3. The van der Waals surface area contributed by atoms with Crippen LogP contribution in [0.1, 0.15) is 13.8 Å². The molecule has 0 radical (unpaired) electrons. The van der Waals surface area contributed by atoms with Crippen molar-refractivity contribution >= 4 is 8.38 Å². The van der Waals surface area contributed by atoms with Crippen molar-refractivity contribution in [2.75, 3.05) is 52.1 Å². The molecule has 1 aliphatic heterocycles. The molecule has 5 heteroatoms. The van der Waals surface area contributed by atoms with Crippen LogP contribution in [0.3, 0.4) is 0 Å². The molecule has 0 aromatic rings. The molecule has 4 nitrogen and oxygen atoms in total. The minimum atomic E-state index is -0.648. The number of rotatable bonds is 7. The molecule has 0 aromatic heterocycles. The van der Waals surface area contributed by atoms with E-state index < -0.39 is 8.38 Å². The van der Waals surface area contributed by atoms with Gasteiger partial charge in [0.1, 0.15) is 0 Å². The lowest BCUT2D eigenvalue weighted by Crippen LogP contribution is -2.44. The standard InChI is InChI=1S/C10H23N2O2P/c1-3-13-15(14-4-2)10-9-12-7-5-11-6-8-12/h11H,3-10H2,1-2H3. The third-order valence-corrected chi connectivity index (χ3v) is 4.01. The van der Waals surface area contributed by atoms with E-state index in [9.17, 15) is 0 Å². The lowest BCUT2D eigenvalue weighted by molar-refractivity contribution is 0.237. The highest BCUT2D eigenvalue weighted by molar-refractivity contribution is 7.47. The van der Waals surface area contributed by atoms with E-state index in [2.05, 4.69) is 10.2 Å². The first-order valence-corrected chi connectivity index (χ1v) is 7.19. The largest absolute Gasteiger partial charge is 0.334 e. The lowest BCUT2D eigenvalue weighted by Gasteiger charge is -2.28. The topological polar surface area (TPSA) is 33.7 Å². The van der Waals surface area contributed by atoms with Crippen molar-refractivity contribution in [3.05, 3.63) is 0 Å². The fourth-order valence-corrected chi connectivity index (χ4v) is 2.97. The molecule has 1 heterocycles. The van der Waals surface area contributed by atoms with E-state index in [0.29, 0.717) is 0 Å². The van der Waals surface area contributed by atoms with Crippen molar-refractivity contribution in [1.82, 2.24) is 10.2 Å². The maximum absolute atomic E-state index is 5.57. The average Bonchev–Trinajstić information content (AvgIpc) is 2.28. The summed E-state index contributed by atoms with van der Waals surface area (Å²) in [5.41, 5.74) is 0. The molecule has 0 amide bonds. The van der Waals surface area contributed by atoms with Crippen LogP contribution in [-0.4, -0.2) is 57.0 Å². The van der Waals surface area contributed by atoms with Crippen LogP contribution >= 0.6 is 8.38 Å². The molecule has 1 aliphatic rings. The van der Waals surface area contributed by atoms with Crippen LogP contribution in [0.4, 0.5) is 0 Å². The zero-order valence-electron chi connectivity index (χ0n) is 9.87. The maximum Gasteiger partial charge on any atom is 0.171 e. The summed E-state index contributed by atoms with van der Waals surface area (Å²) in [6.45, 7) is 11.2. The van der Waals surface area contributed by atoms with Crippen molar-refractivity contribution < 1.29 is 9.05 Å². The third kappa shape index (κ3) is 5.79. The fourth-order valence-electron chi connectivity index (χ4n) is 1.61. The van der Waals surface area contributed by atoms with Gasteiger partial charge in [-0.15, -0.1) is 0 Å². The summed E-state index contributed by atoms with van der Waals surface area (Å²) in [6.07, 6.45) is 1.04. The molecule has 0 aliphatic carbocycles. The second-order valence-corrected chi connectivity index (χ2v) is 5.11. The predicted octanol–water partition coefficient (Wildman–Crippen LogP) is 1.28. The SMILES string of the molecule is CCOP(CCN1CCNCC1)OCC. The van der Waals surface area contributed by atoms with Crippen LogP contribution in [0.5, 0.6) is 0 Å². The summed E-state index contributed by atoms with van der Waals surface area (Å²) in [6, 6.07) is 0. The van der Waals surface area contributed by atoms with Crippen molar-refractivity contribution in [1.29, 1.82) is 0 Å². The van der Waals surface area contributed by atoms with Gasteiger partial charge in [0.05, 0.1) is 13.2 Å². The molecule has 1 fully saturated rings. The number of nitrogens with one attached hydrogen (secondary N) is 1.